The van der Waals surface area contributed by atoms with E-state index in [4.69, 9.17) is 9.15 Å². The van der Waals surface area contributed by atoms with Gasteiger partial charge in [-0.05, 0) is 61.0 Å². The number of carbonyl (C=O) groups is 2. The highest BCUT2D eigenvalue weighted by atomic mass is 16.5. The summed E-state index contributed by atoms with van der Waals surface area (Å²) in [6.45, 7) is 7.07. The molecule has 7 nitrogen and oxygen atoms in total. The summed E-state index contributed by atoms with van der Waals surface area (Å²) in [5.41, 5.74) is 0.0352. The number of furan rings is 1. The highest BCUT2D eigenvalue weighted by Gasteiger charge is 2.53. The van der Waals surface area contributed by atoms with Gasteiger partial charge in [0.2, 0.25) is 11.8 Å². The molecule has 2 amide bonds. The molecule has 2 aliphatic rings. The first kappa shape index (κ1) is 23.8. The van der Waals surface area contributed by atoms with Crippen LogP contribution < -0.4 is 10.6 Å². The maximum Gasteiger partial charge on any atom is 0.223 e. The maximum atomic E-state index is 12.8. The lowest BCUT2D eigenvalue weighted by molar-refractivity contribution is -0.144. The number of methoxy groups -OCH3 is 1. The number of hydrogen-bond acceptors (Lipinski definition) is 5. The fourth-order valence-electron chi connectivity index (χ4n) is 5.91. The van der Waals surface area contributed by atoms with Gasteiger partial charge in [0.05, 0.1) is 25.5 Å². The summed E-state index contributed by atoms with van der Waals surface area (Å²) >= 11 is 0. The van der Waals surface area contributed by atoms with Crippen LogP contribution in [0.1, 0.15) is 58.6 Å². The van der Waals surface area contributed by atoms with Crippen molar-refractivity contribution >= 4 is 11.8 Å². The van der Waals surface area contributed by atoms with Gasteiger partial charge in [0.25, 0.3) is 0 Å². The first-order valence-electron chi connectivity index (χ1n) is 11.5. The van der Waals surface area contributed by atoms with E-state index in [2.05, 4.69) is 24.5 Å². The zero-order chi connectivity index (χ0) is 22.6. The topological polar surface area (TPSA) is 101 Å². The van der Waals surface area contributed by atoms with E-state index in [1.165, 1.54) is 0 Å². The predicted octanol–water partition coefficient (Wildman–Crippen LogP) is 2.88. The Bertz CT molecular complexity index is 736. The minimum atomic E-state index is -0.572. The molecule has 0 spiro atoms. The van der Waals surface area contributed by atoms with Crippen molar-refractivity contribution in [3.63, 3.8) is 0 Å². The molecule has 0 bridgehead atoms. The van der Waals surface area contributed by atoms with E-state index in [9.17, 15) is 14.7 Å². The number of fused-ring (bicyclic) bond motifs is 1. The Morgan fingerprint density at radius 2 is 2.10 bits per heavy atom. The molecule has 1 heterocycles. The molecule has 1 aromatic heterocycles. The van der Waals surface area contributed by atoms with Gasteiger partial charge in [-0.3, -0.25) is 9.59 Å². The molecule has 0 aromatic carbocycles. The van der Waals surface area contributed by atoms with Crippen LogP contribution in [0.3, 0.4) is 0 Å². The van der Waals surface area contributed by atoms with Crippen molar-refractivity contribution in [3.8, 4) is 0 Å². The summed E-state index contributed by atoms with van der Waals surface area (Å²) in [4.78, 5) is 25.0. The van der Waals surface area contributed by atoms with E-state index in [-0.39, 0.29) is 46.9 Å². The van der Waals surface area contributed by atoms with Gasteiger partial charge in [-0.1, -0.05) is 20.8 Å². The van der Waals surface area contributed by atoms with Gasteiger partial charge in [-0.15, -0.1) is 0 Å². The predicted molar refractivity (Wildman–Crippen MR) is 117 cm³/mol. The molecule has 2 saturated carbocycles. The fourth-order valence-corrected chi connectivity index (χ4v) is 5.91. The largest absolute Gasteiger partial charge is 0.467 e. The van der Waals surface area contributed by atoms with E-state index < -0.39 is 6.10 Å². The number of amides is 2. The summed E-state index contributed by atoms with van der Waals surface area (Å²) in [6, 6.07) is 3.67. The number of hydrogen-bond donors (Lipinski definition) is 3. The zero-order valence-electron chi connectivity index (χ0n) is 19.2. The number of rotatable bonds is 8. The van der Waals surface area contributed by atoms with Crippen molar-refractivity contribution < 1.29 is 23.8 Å². The third kappa shape index (κ3) is 5.32. The summed E-state index contributed by atoms with van der Waals surface area (Å²) < 4.78 is 10.3. The van der Waals surface area contributed by atoms with Gasteiger partial charge in [0.15, 0.2) is 0 Å². The number of nitrogens with one attached hydrogen (secondary N) is 2. The minimum absolute atomic E-state index is 0.00479. The quantitative estimate of drug-likeness (QED) is 0.584. The average molecular weight is 435 g/mol. The van der Waals surface area contributed by atoms with Crippen LogP contribution in [0.25, 0.3) is 0 Å². The lowest BCUT2D eigenvalue weighted by atomic mass is 9.51. The number of aliphatic hydroxyl groups is 1. The normalized spacial score (nSPS) is 33.9. The summed E-state index contributed by atoms with van der Waals surface area (Å²) in [5, 5.41) is 17.5. The Hall–Kier alpha value is -1.86. The lowest BCUT2D eigenvalue weighted by Gasteiger charge is -2.56. The second-order valence-corrected chi connectivity index (χ2v) is 9.77. The number of ether oxygens (including phenoxy) is 1. The molecule has 0 radical (unpaired) electrons. The summed E-state index contributed by atoms with van der Waals surface area (Å²) in [5.74, 6) is 0.449. The van der Waals surface area contributed by atoms with Crippen molar-refractivity contribution in [1.29, 1.82) is 0 Å². The van der Waals surface area contributed by atoms with Crippen LogP contribution >= 0.6 is 0 Å². The maximum absolute atomic E-state index is 12.8. The fraction of sp³-hybridized carbons (Fsp3) is 0.750. The molecule has 7 atom stereocenters. The number of aliphatic hydroxyl groups excluding tert-OH is 1. The van der Waals surface area contributed by atoms with Gasteiger partial charge in [0, 0.05) is 25.5 Å². The van der Waals surface area contributed by atoms with Crippen LogP contribution in [0.15, 0.2) is 22.8 Å². The van der Waals surface area contributed by atoms with Crippen molar-refractivity contribution in [2.75, 3.05) is 13.7 Å². The van der Waals surface area contributed by atoms with Gasteiger partial charge in [-0.2, -0.15) is 0 Å². The molecule has 2 fully saturated rings. The minimum Gasteiger partial charge on any atom is -0.467 e. The van der Waals surface area contributed by atoms with Gasteiger partial charge in [0.1, 0.15) is 5.76 Å². The van der Waals surface area contributed by atoms with Gasteiger partial charge >= 0.3 is 0 Å². The molecule has 0 unspecified atom stereocenters. The molecule has 3 rings (SSSR count). The van der Waals surface area contributed by atoms with Crippen LogP contribution in [-0.2, 0) is 20.9 Å². The molecular formula is C24H38N2O5. The number of carbonyl (C=O) groups excluding carboxylic acids is 2. The van der Waals surface area contributed by atoms with Crippen molar-refractivity contribution in [1.82, 2.24) is 10.6 Å². The van der Waals surface area contributed by atoms with Crippen LogP contribution in [0, 0.1) is 29.1 Å². The van der Waals surface area contributed by atoms with E-state index in [0.29, 0.717) is 25.3 Å². The average Bonchev–Trinajstić information content (AvgIpc) is 3.26. The molecule has 0 saturated heterocycles. The molecule has 7 heteroatoms. The van der Waals surface area contributed by atoms with Gasteiger partial charge < -0.3 is 24.9 Å². The Balaban J connectivity index is 1.64. The molecule has 2 aliphatic carbocycles. The van der Waals surface area contributed by atoms with Gasteiger partial charge in [-0.25, -0.2) is 0 Å². The lowest BCUT2D eigenvalue weighted by Crippen LogP contribution is -2.58. The third-order valence-corrected chi connectivity index (χ3v) is 7.84. The second kappa shape index (κ2) is 10.2. The third-order valence-electron chi connectivity index (χ3n) is 7.84. The summed E-state index contributed by atoms with van der Waals surface area (Å²) in [7, 11) is 1.59. The van der Waals surface area contributed by atoms with Crippen molar-refractivity contribution in [2.24, 2.45) is 29.1 Å². The van der Waals surface area contributed by atoms with Crippen LogP contribution in [0.2, 0.25) is 0 Å². The van der Waals surface area contributed by atoms with Crippen molar-refractivity contribution in [2.45, 2.75) is 71.6 Å². The van der Waals surface area contributed by atoms with Crippen LogP contribution in [-0.4, -0.2) is 42.8 Å². The molecule has 1 aromatic rings. The van der Waals surface area contributed by atoms with Crippen molar-refractivity contribution in [3.05, 3.63) is 24.2 Å². The molecule has 3 N–H and O–H groups in total. The molecule has 174 valence electrons. The van der Waals surface area contributed by atoms with Crippen LogP contribution in [0.4, 0.5) is 0 Å². The molecular weight excluding hydrogens is 396 g/mol. The Morgan fingerprint density at radius 3 is 2.77 bits per heavy atom. The molecule has 31 heavy (non-hydrogen) atoms. The summed E-state index contributed by atoms with van der Waals surface area (Å²) in [6.07, 6.45) is 5.08. The van der Waals surface area contributed by atoms with E-state index in [1.807, 2.05) is 13.0 Å². The van der Waals surface area contributed by atoms with Crippen LogP contribution in [0.5, 0.6) is 0 Å². The molecule has 0 aliphatic heterocycles. The first-order valence-corrected chi connectivity index (χ1v) is 11.5. The standard InChI is InChI=1S/C24H38N2O5/c1-15(23(29)25-14-17-6-5-12-31-17)18-7-10-24(3)11-8-19(16(2)21(24)22(18)28)26-20(27)9-13-30-4/h5-6,12,15-16,18-19,21-22,28H,7-11,13-14H2,1-4H3,(H,25,29)(H,26,27)/t15-,16-,18+,19-,21+,22-,24+/m0/s1. The zero-order valence-corrected chi connectivity index (χ0v) is 19.2. The smallest absolute Gasteiger partial charge is 0.223 e. The second-order valence-electron chi connectivity index (χ2n) is 9.77. The monoisotopic (exact) mass is 434 g/mol. The Kier molecular flexibility index (Phi) is 7.81. The highest BCUT2D eigenvalue weighted by Crippen LogP contribution is 2.55. The van der Waals surface area contributed by atoms with E-state index in [1.54, 1.807) is 19.4 Å². The SMILES string of the molecule is COCCC(=O)N[C@H]1CC[C@@]2(C)CC[C@H]([C@H](C)C(=O)NCc3ccco3)[C@H](O)[C@H]2[C@H]1C. The Morgan fingerprint density at radius 1 is 1.35 bits per heavy atom. The van der Waals surface area contributed by atoms with E-state index in [0.717, 1.165) is 25.7 Å². The highest BCUT2D eigenvalue weighted by molar-refractivity contribution is 5.78. The first-order chi connectivity index (χ1) is 14.8. The van der Waals surface area contributed by atoms with E-state index >= 15 is 0 Å². The Labute approximate surface area is 185 Å².